The molecule has 0 aromatic carbocycles. The number of aliphatic hydroxyl groups is 1. The fourth-order valence-corrected chi connectivity index (χ4v) is 3.09. The van der Waals surface area contributed by atoms with E-state index >= 15 is 0 Å². The third-order valence-electron chi connectivity index (χ3n) is 3.96. The normalized spacial score (nSPS) is 24.1. The Labute approximate surface area is 133 Å². The van der Waals surface area contributed by atoms with Crippen LogP contribution in [0.25, 0.3) is 0 Å². The predicted molar refractivity (Wildman–Crippen MR) is 82.3 cm³/mol. The quantitative estimate of drug-likeness (QED) is 0.901. The standard InChI is InChI=1S/C15H16ClN5O/c16-12-6-19-21(9-12)8-10-3-13(15(22)4-10)20-14-7-18-2-1-11(14)5-17/h1-2,6-7,9-10,13,15,20,22H,3-4,8H2/t10?,13-,15-/m1/s1. The number of halogens is 1. The highest BCUT2D eigenvalue weighted by molar-refractivity contribution is 6.30. The molecule has 7 heteroatoms. The molecule has 0 bridgehead atoms. The number of hydrogen-bond acceptors (Lipinski definition) is 5. The van der Waals surface area contributed by atoms with Crippen molar-refractivity contribution in [3.05, 3.63) is 41.4 Å². The van der Waals surface area contributed by atoms with E-state index in [4.69, 9.17) is 16.9 Å². The summed E-state index contributed by atoms with van der Waals surface area (Å²) in [6.45, 7) is 0.722. The molecule has 0 aliphatic heterocycles. The second-order valence-electron chi connectivity index (χ2n) is 5.57. The Kier molecular flexibility index (Phi) is 4.27. The summed E-state index contributed by atoms with van der Waals surface area (Å²) in [5, 5.41) is 27.4. The van der Waals surface area contributed by atoms with Crippen LogP contribution in [0.5, 0.6) is 0 Å². The third-order valence-corrected chi connectivity index (χ3v) is 4.15. The number of aliphatic hydroxyl groups excluding tert-OH is 1. The van der Waals surface area contributed by atoms with Gasteiger partial charge < -0.3 is 10.4 Å². The van der Waals surface area contributed by atoms with E-state index in [2.05, 4.69) is 21.5 Å². The molecular formula is C15H16ClN5O. The maximum Gasteiger partial charge on any atom is 0.101 e. The number of hydrogen-bond donors (Lipinski definition) is 2. The highest BCUT2D eigenvalue weighted by atomic mass is 35.5. The first-order valence-electron chi connectivity index (χ1n) is 7.12. The van der Waals surface area contributed by atoms with Crippen LogP contribution in [0.2, 0.25) is 5.02 Å². The van der Waals surface area contributed by atoms with E-state index in [0.717, 1.165) is 13.0 Å². The Morgan fingerprint density at radius 2 is 2.32 bits per heavy atom. The number of nitrogens with zero attached hydrogens (tertiary/aromatic N) is 4. The van der Waals surface area contributed by atoms with E-state index in [0.29, 0.717) is 28.6 Å². The van der Waals surface area contributed by atoms with E-state index in [9.17, 15) is 5.11 Å². The summed E-state index contributed by atoms with van der Waals surface area (Å²) in [6, 6.07) is 3.69. The van der Waals surface area contributed by atoms with E-state index in [-0.39, 0.29) is 6.04 Å². The summed E-state index contributed by atoms with van der Waals surface area (Å²) < 4.78 is 1.80. The van der Waals surface area contributed by atoms with Crippen LogP contribution >= 0.6 is 11.6 Å². The van der Waals surface area contributed by atoms with Crippen molar-refractivity contribution in [1.82, 2.24) is 14.8 Å². The first kappa shape index (κ1) is 14.8. The summed E-state index contributed by atoms with van der Waals surface area (Å²) in [5.41, 5.74) is 1.20. The van der Waals surface area contributed by atoms with E-state index in [1.54, 1.807) is 35.5 Å². The minimum absolute atomic E-state index is 0.0904. The summed E-state index contributed by atoms with van der Waals surface area (Å²) in [5.74, 6) is 0.311. The van der Waals surface area contributed by atoms with Gasteiger partial charge in [0.25, 0.3) is 0 Å². The van der Waals surface area contributed by atoms with Crippen LogP contribution in [0.3, 0.4) is 0 Å². The topological polar surface area (TPSA) is 86.8 Å². The molecule has 0 amide bonds. The Morgan fingerprint density at radius 1 is 1.45 bits per heavy atom. The van der Waals surface area contributed by atoms with Crippen molar-refractivity contribution in [2.75, 3.05) is 5.32 Å². The van der Waals surface area contributed by atoms with Crippen molar-refractivity contribution in [3.63, 3.8) is 0 Å². The maximum atomic E-state index is 10.2. The van der Waals surface area contributed by atoms with Crippen molar-refractivity contribution >= 4 is 17.3 Å². The zero-order valence-corrected chi connectivity index (χ0v) is 12.6. The molecule has 0 radical (unpaired) electrons. The molecule has 0 spiro atoms. The van der Waals surface area contributed by atoms with Gasteiger partial charge in [0.2, 0.25) is 0 Å². The highest BCUT2D eigenvalue weighted by Gasteiger charge is 2.33. The van der Waals surface area contributed by atoms with E-state index in [1.165, 1.54) is 0 Å². The second-order valence-corrected chi connectivity index (χ2v) is 6.01. The molecule has 2 aromatic rings. The predicted octanol–water partition coefficient (Wildman–Crippen LogP) is 2.05. The summed E-state index contributed by atoms with van der Waals surface area (Å²) in [6.07, 6.45) is 7.63. The van der Waals surface area contributed by atoms with E-state index in [1.807, 2.05) is 0 Å². The number of aromatic nitrogens is 3. The van der Waals surface area contributed by atoms with E-state index < -0.39 is 6.10 Å². The SMILES string of the molecule is N#Cc1ccncc1N[C@@H]1CC(Cn2cc(Cl)cn2)C[C@H]1O. The third kappa shape index (κ3) is 3.21. The average Bonchev–Trinajstić information content (AvgIpc) is 3.06. The van der Waals surface area contributed by atoms with Gasteiger partial charge in [0.05, 0.1) is 40.8 Å². The van der Waals surface area contributed by atoms with Gasteiger partial charge >= 0.3 is 0 Å². The fraction of sp³-hybridized carbons (Fsp3) is 0.400. The van der Waals surface area contributed by atoms with Crippen molar-refractivity contribution < 1.29 is 5.11 Å². The highest BCUT2D eigenvalue weighted by Crippen LogP contribution is 2.30. The molecule has 1 aliphatic carbocycles. The molecule has 3 rings (SSSR count). The van der Waals surface area contributed by atoms with Gasteiger partial charge in [-0.3, -0.25) is 9.67 Å². The second kappa shape index (κ2) is 6.34. The van der Waals surface area contributed by atoms with Crippen molar-refractivity contribution in [2.45, 2.75) is 31.5 Å². The van der Waals surface area contributed by atoms with Crippen LogP contribution in [-0.2, 0) is 6.54 Å². The molecule has 0 saturated heterocycles. The smallest absolute Gasteiger partial charge is 0.101 e. The van der Waals surface area contributed by atoms with Gasteiger partial charge in [-0.25, -0.2) is 0 Å². The molecule has 22 heavy (non-hydrogen) atoms. The molecule has 2 N–H and O–H groups in total. The van der Waals surface area contributed by atoms with Crippen LogP contribution in [0.1, 0.15) is 18.4 Å². The Bertz CT molecular complexity index is 695. The Hall–Kier alpha value is -2.10. The van der Waals surface area contributed by atoms with Crippen LogP contribution in [0.15, 0.2) is 30.9 Å². The summed E-state index contributed by atoms with van der Waals surface area (Å²) in [7, 11) is 0. The van der Waals surface area contributed by atoms with Crippen LogP contribution in [0.4, 0.5) is 5.69 Å². The van der Waals surface area contributed by atoms with Crippen LogP contribution in [-0.4, -0.2) is 32.0 Å². The average molecular weight is 318 g/mol. The zero-order chi connectivity index (χ0) is 15.5. The lowest BCUT2D eigenvalue weighted by atomic mass is 10.1. The van der Waals surface area contributed by atoms with Gasteiger partial charge in [-0.2, -0.15) is 10.4 Å². The van der Waals surface area contributed by atoms with Gasteiger partial charge in [-0.05, 0) is 24.8 Å². The zero-order valence-electron chi connectivity index (χ0n) is 11.9. The van der Waals surface area contributed by atoms with Crippen LogP contribution < -0.4 is 5.32 Å². The number of anilines is 1. The van der Waals surface area contributed by atoms with Crippen molar-refractivity contribution in [1.29, 1.82) is 5.26 Å². The molecule has 3 atom stereocenters. The Balaban J connectivity index is 1.65. The molecule has 6 nitrogen and oxygen atoms in total. The van der Waals surface area contributed by atoms with Crippen molar-refractivity contribution in [3.8, 4) is 6.07 Å². The maximum absolute atomic E-state index is 10.2. The lowest BCUT2D eigenvalue weighted by molar-refractivity contribution is 0.166. The number of rotatable bonds is 4. The molecule has 2 aromatic heterocycles. The molecular weight excluding hydrogens is 302 g/mol. The summed E-state index contributed by atoms with van der Waals surface area (Å²) >= 11 is 5.86. The molecule has 2 heterocycles. The monoisotopic (exact) mass is 317 g/mol. The van der Waals surface area contributed by atoms with Crippen LogP contribution in [0, 0.1) is 17.2 Å². The molecule has 1 fully saturated rings. The first-order valence-corrected chi connectivity index (χ1v) is 7.50. The fourth-order valence-electron chi connectivity index (χ4n) is 2.93. The lowest BCUT2D eigenvalue weighted by Crippen LogP contribution is -2.28. The Morgan fingerprint density at radius 3 is 3.05 bits per heavy atom. The molecule has 1 saturated carbocycles. The van der Waals surface area contributed by atoms with Gasteiger partial charge in [0.15, 0.2) is 0 Å². The number of pyridine rings is 1. The molecule has 114 valence electrons. The number of nitriles is 1. The molecule has 1 aliphatic rings. The molecule has 1 unspecified atom stereocenters. The lowest BCUT2D eigenvalue weighted by Gasteiger charge is -2.18. The van der Waals surface area contributed by atoms with Gasteiger partial charge in [0, 0.05) is 18.9 Å². The minimum atomic E-state index is -0.456. The van der Waals surface area contributed by atoms with Gasteiger partial charge in [0.1, 0.15) is 6.07 Å². The first-order chi connectivity index (χ1) is 10.7. The minimum Gasteiger partial charge on any atom is -0.391 e. The van der Waals surface area contributed by atoms with Crippen molar-refractivity contribution in [2.24, 2.45) is 5.92 Å². The van der Waals surface area contributed by atoms with Gasteiger partial charge in [-0.1, -0.05) is 11.6 Å². The van der Waals surface area contributed by atoms with Gasteiger partial charge in [-0.15, -0.1) is 0 Å². The number of nitrogens with one attached hydrogen (secondary N) is 1. The summed E-state index contributed by atoms with van der Waals surface area (Å²) in [4.78, 5) is 4.03. The largest absolute Gasteiger partial charge is 0.391 e.